The quantitative estimate of drug-likeness (QED) is 0.929. The van der Waals surface area contributed by atoms with E-state index < -0.39 is 12.0 Å². The van der Waals surface area contributed by atoms with Crippen molar-refractivity contribution in [2.24, 2.45) is 5.92 Å². The molecule has 22 heavy (non-hydrogen) atoms. The topological polar surface area (TPSA) is 70.5 Å². The zero-order chi connectivity index (χ0) is 15.7. The van der Waals surface area contributed by atoms with E-state index in [4.69, 9.17) is 0 Å². The van der Waals surface area contributed by atoms with Crippen LogP contribution in [0, 0.1) is 12.8 Å². The highest BCUT2D eigenvalue weighted by Crippen LogP contribution is 2.40. The molecule has 1 aliphatic heterocycles. The summed E-state index contributed by atoms with van der Waals surface area (Å²) in [6, 6.07) is 3.23. The fourth-order valence-corrected chi connectivity index (χ4v) is 3.91. The fourth-order valence-electron chi connectivity index (χ4n) is 3.91. The number of pyridine rings is 1. The molecule has 0 spiro atoms. The number of nitrogens with zero attached hydrogens (tertiary/aromatic N) is 2. The highest BCUT2D eigenvalue weighted by molar-refractivity contribution is 5.86. The van der Waals surface area contributed by atoms with Crippen LogP contribution in [0.3, 0.4) is 0 Å². The number of fused-ring (bicyclic) bond motifs is 1. The summed E-state index contributed by atoms with van der Waals surface area (Å²) >= 11 is 0. The lowest BCUT2D eigenvalue weighted by Gasteiger charge is -2.33. The van der Waals surface area contributed by atoms with Gasteiger partial charge in [0.2, 0.25) is 5.91 Å². The van der Waals surface area contributed by atoms with Gasteiger partial charge in [-0.05, 0) is 43.7 Å². The predicted octanol–water partition coefficient (Wildman–Crippen LogP) is 2.18. The van der Waals surface area contributed by atoms with Gasteiger partial charge in [-0.15, -0.1) is 0 Å². The zero-order valence-electron chi connectivity index (χ0n) is 12.9. The van der Waals surface area contributed by atoms with Crippen LogP contribution in [0.5, 0.6) is 0 Å². The number of carbonyl (C=O) groups is 2. The summed E-state index contributed by atoms with van der Waals surface area (Å²) in [6.07, 6.45) is 6.77. The summed E-state index contributed by atoms with van der Waals surface area (Å²) < 4.78 is 0. The highest BCUT2D eigenvalue weighted by atomic mass is 16.4. The van der Waals surface area contributed by atoms with Crippen molar-refractivity contribution in [3.05, 3.63) is 29.6 Å². The van der Waals surface area contributed by atoms with Gasteiger partial charge in [-0.1, -0.05) is 18.9 Å². The molecule has 5 heteroatoms. The molecule has 3 unspecified atom stereocenters. The first-order chi connectivity index (χ1) is 10.6. The molecule has 2 aliphatic rings. The average molecular weight is 302 g/mol. The minimum absolute atomic E-state index is 0.0764. The zero-order valence-corrected chi connectivity index (χ0v) is 12.9. The summed E-state index contributed by atoms with van der Waals surface area (Å²) in [5, 5.41) is 9.48. The Morgan fingerprint density at radius 3 is 2.77 bits per heavy atom. The first-order valence-corrected chi connectivity index (χ1v) is 8.02. The van der Waals surface area contributed by atoms with Crippen LogP contribution in [0.1, 0.15) is 43.4 Å². The van der Waals surface area contributed by atoms with E-state index in [0.29, 0.717) is 12.3 Å². The van der Waals surface area contributed by atoms with Crippen LogP contribution in [0.4, 0.5) is 0 Å². The molecule has 1 aromatic heterocycles. The van der Waals surface area contributed by atoms with Gasteiger partial charge >= 0.3 is 5.97 Å². The number of likely N-dealkylation sites (tertiary alicyclic amines) is 1. The van der Waals surface area contributed by atoms with E-state index in [-0.39, 0.29) is 18.4 Å². The molecule has 1 N–H and O–H groups in total. The summed E-state index contributed by atoms with van der Waals surface area (Å²) in [7, 11) is 0. The van der Waals surface area contributed by atoms with Gasteiger partial charge in [-0.3, -0.25) is 9.78 Å². The number of carboxylic acid groups (broad SMARTS) is 1. The number of aryl methyl sites for hydroxylation is 1. The second kappa shape index (κ2) is 6.07. The first-order valence-electron chi connectivity index (χ1n) is 8.02. The lowest BCUT2D eigenvalue weighted by Crippen LogP contribution is -2.46. The van der Waals surface area contributed by atoms with Crippen LogP contribution in [-0.2, 0) is 16.0 Å². The average Bonchev–Trinajstić information content (AvgIpc) is 2.89. The molecular formula is C17H22N2O3. The molecule has 1 aromatic rings. The number of amides is 1. The van der Waals surface area contributed by atoms with Crippen molar-refractivity contribution < 1.29 is 14.7 Å². The van der Waals surface area contributed by atoms with E-state index in [9.17, 15) is 14.7 Å². The van der Waals surface area contributed by atoms with Crippen LogP contribution in [0.25, 0.3) is 0 Å². The Kier molecular flexibility index (Phi) is 4.14. The third kappa shape index (κ3) is 2.85. The molecule has 1 amide bonds. The van der Waals surface area contributed by atoms with E-state index in [2.05, 4.69) is 4.98 Å². The molecule has 118 valence electrons. The van der Waals surface area contributed by atoms with E-state index in [1.165, 1.54) is 0 Å². The van der Waals surface area contributed by atoms with Crippen molar-refractivity contribution in [3.63, 3.8) is 0 Å². The van der Waals surface area contributed by atoms with Gasteiger partial charge in [0.1, 0.15) is 6.04 Å². The van der Waals surface area contributed by atoms with Gasteiger partial charge in [-0.25, -0.2) is 4.79 Å². The molecule has 5 nitrogen and oxygen atoms in total. The van der Waals surface area contributed by atoms with Crippen LogP contribution in [-0.4, -0.2) is 39.0 Å². The summed E-state index contributed by atoms with van der Waals surface area (Å²) in [6.45, 7) is 1.90. The van der Waals surface area contributed by atoms with Gasteiger partial charge in [0.05, 0.1) is 6.42 Å². The maximum atomic E-state index is 12.7. The SMILES string of the molecule is Cc1ccc(CC(=O)N2C(C(=O)O)CC3CCCCC32)cn1. The predicted molar refractivity (Wildman–Crippen MR) is 81.3 cm³/mol. The first kappa shape index (κ1) is 15.0. The maximum absolute atomic E-state index is 12.7. The van der Waals surface area contributed by atoms with E-state index in [0.717, 1.165) is 36.9 Å². The number of rotatable bonds is 3. The number of hydrogen-bond donors (Lipinski definition) is 1. The highest BCUT2D eigenvalue weighted by Gasteiger charge is 2.47. The molecule has 2 heterocycles. The van der Waals surface area contributed by atoms with E-state index in [1.54, 1.807) is 11.1 Å². The molecule has 0 radical (unpaired) electrons. The van der Waals surface area contributed by atoms with Gasteiger partial charge in [0.15, 0.2) is 0 Å². The molecule has 1 saturated carbocycles. The van der Waals surface area contributed by atoms with Crippen molar-refractivity contribution in [1.82, 2.24) is 9.88 Å². The molecule has 0 aromatic carbocycles. The van der Waals surface area contributed by atoms with Crippen LogP contribution < -0.4 is 0 Å². The van der Waals surface area contributed by atoms with Gasteiger partial charge in [0.25, 0.3) is 0 Å². The fraction of sp³-hybridized carbons (Fsp3) is 0.588. The lowest BCUT2D eigenvalue weighted by molar-refractivity contribution is -0.149. The standard InChI is InChI=1S/C17H22N2O3/c1-11-6-7-12(10-18-11)8-16(20)19-14-5-3-2-4-13(14)9-15(19)17(21)22/h6-7,10,13-15H,2-5,8-9H2,1H3,(H,21,22). The molecule has 3 atom stereocenters. The summed E-state index contributed by atoms with van der Waals surface area (Å²) in [5.41, 5.74) is 1.76. The number of carboxylic acids is 1. The minimum atomic E-state index is -0.871. The largest absolute Gasteiger partial charge is 0.480 e. The Hall–Kier alpha value is -1.91. The van der Waals surface area contributed by atoms with Crippen molar-refractivity contribution in [2.45, 2.75) is 57.5 Å². The molecule has 2 fully saturated rings. The van der Waals surface area contributed by atoms with Gasteiger partial charge < -0.3 is 10.0 Å². The van der Waals surface area contributed by atoms with Gasteiger partial charge in [-0.2, -0.15) is 0 Å². The summed E-state index contributed by atoms with van der Waals surface area (Å²) in [4.78, 5) is 30.1. The second-order valence-electron chi connectivity index (χ2n) is 6.49. The number of aromatic nitrogens is 1. The smallest absolute Gasteiger partial charge is 0.326 e. The summed E-state index contributed by atoms with van der Waals surface area (Å²) in [5.74, 6) is -0.591. The minimum Gasteiger partial charge on any atom is -0.480 e. The molecule has 1 saturated heterocycles. The Bertz CT molecular complexity index is 570. The Morgan fingerprint density at radius 2 is 2.09 bits per heavy atom. The molecule has 1 aliphatic carbocycles. The van der Waals surface area contributed by atoms with Crippen LogP contribution >= 0.6 is 0 Å². The van der Waals surface area contributed by atoms with Crippen molar-refractivity contribution in [2.75, 3.05) is 0 Å². The monoisotopic (exact) mass is 302 g/mol. The van der Waals surface area contributed by atoms with E-state index >= 15 is 0 Å². The normalized spacial score (nSPS) is 27.5. The molecule has 0 bridgehead atoms. The van der Waals surface area contributed by atoms with Crippen molar-refractivity contribution in [1.29, 1.82) is 0 Å². The van der Waals surface area contributed by atoms with Gasteiger partial charge in [0, 0.05) is 17.9 Å². The Morgan fingerprint density at radius 1 is 1.32 bits per heavy atom. The van der Waals surface area contributed by atoms with Crippen molar-refractivity contribution >= 4 is 11.9 Å². The lowest BCUT2D eigenvalue weighted by atomic mass is 9.84. The number of aliphatic carboxylic acids is 1. The Labute approximate surface area is 130 Å². The third-order valence-corrected chi connectivity index (χ3v) is 4.99. The maximum Gasteiger partial charge on any atom is 0.326 e. The number of carbonyl (C=O) groups excluding carboxylic acids is 1. The van der Waals surface area contributed by atoms with E-state index in [1.807, 2.05) is 19.1 Å². The number of hydrogen-bond acceptors (Lipinski definition) is 3. The van der Waals surface area contributed by atoms with Crippen molar-refractivity contribution in [3.8, 4) is 0 Å². The molecular weight excluding hydrogens is 280 g/mol. The van der Waals surface area contributed by atoms with Crippen LogP contribution in [0.15, 0.2) is 18.3 Å². The Balaban J connectivity index is 1.78. The molecule has 3 rings (SSSR count). The second-order valence-corrected chi connectivity index (χ2v) is 6.49. The third-order valence-electron chi connectivity index (χ3n) is 4.99. The van der Waals surface area contributed by atoms with Crippen LogP contribution in [0.2, 0.25) is 0 Å².